The van der Waals surface area contributed by atoms with Gasteiger partial charge in [0.25, 0.3) is 0 Å². The fourth-order valence-electron chi connectivity index (χ4n) is 5.40. The van der Waals surface area contributed by atoms with Gasteiger partial charge in [-0.3, -0.25) is 9.69 Å². The van der Waals surface area contributed by atoms with Gasteiger partial charge in [-0.05, 0) is 45.1 Å². The molecule has 3 fully saturated rings. The van der Waals surface area contributed by atoms with Crippen LogP contribution in [0.25, 0.3) is 0 Å². The van der Waals surface area contributed by atoms with Gasteiger partial charge in [-0.15, -0.1) is 0 Å². The van der Waals surface area contributed by atoms with Crippen molar-refractivity contribution in [2.45, 2.75) is 51.6 Å². The molecule has 0 bridgehead atoms. The van der Waals surface area contributed by atoms with Crippen molar-refractivity contribution in [1.29, 1.82) is 0 Å². The zero-order valence-electron chi connectivity index (χ0n) is 18.8. The summed E-state index contributed by atoms with van der Waals surface area (Å²) in [5.41, 5.74) is 1.74. The molecule has 1 amide bonds. The highest BCUT2D eigenvalue weighted by Gasteiger charge is 2.58. The second-order valence-corrected chi connectivity index (χ2v) is 9.83. The number of likely N-dealkylation sites (tertiary alicyclic amines) is 2. The first kappa shape index (κ1) is 20.5. The molecule has 2 aromatic rings. The summed E-state index contributed by atoms with van der Waals surface area (Å²) >= 11 is 0. The number of carbonyl (C=O) groups excluding carboxylic acids is 1. The molecule has 7 nitrogen and oxygen atoms in total. The van der Waals surface area contributed by atoms with Crippen LogP contribution in [0.3, 0.4) is 0 Å². The van der Waals surface area contributed by atoms with Gasteiger partial charge in [-0.2, -0.15) is 0 Å². The number of aromatic nitrogens is 3. The maximum atomic E-state index is 13.8. The van der Waals surface area contributed by atoms with Crippen molar-refractivity contribution in [3.05, 3.63) is 42.1 Å². The van der Waals surface area contributed by atoms with E-state index in [9.17, 15) is 4.79 Å². The molecular formula is C24H33N5O2. The molecule has 2 aromatic heterocycles. The van der Waals surface area contributed by atoms with Crippen LogP contribution in [-0.2, 0) is 11.3 Å². The summed E-state index contributed by atoms with van der Waals surface area (Å²) in [7, 11) is 1.66. The number of amides is 1. The highest BCUT2D eigenvalue weighted by atomic mass is 16.5. The van der Waals surface area contributed by atoms with Crippen molar-refractivity contribution in [3.63, 3.8) is 0 Å². The fraction of sp³-hybridized carbons (Fsp3) is 0.625. The van der Waals surface area contributed by atoms with Crippen LogP contribution in [-0.4, -0.2) is 63.5 Å². The summed E-state index contributed by atoms with van der Waals surface area (Å²) in [6, 6.07) is 4.37. The predicted molar refractivity (Wildman–Crippen MR) is 118 cm³/mol. The van der Waals surface area contributed by atoms with Gasteiger partial charge in [0.05, 0.1) is 24.5 Å². The Balaban J connectivity index is 1.44. The number of hydrogen-bond acceptors (Lipinski definition) is 5. The Morgan fingerprint density at radius 3 is 2.84 bits per heavy atom. The number of carbonyl (C=O) groups is 1. The standard InChI is InChI=1S/C24H33N5O2/c1-17(2)29-14-21(26-16-29)20-13-27(12-19-5-4-9-25-22(19)31-3)15-24(20)8-10-28(23(24)30)11-18-6-7-18/h4-5,9,14,16-18,20H,6-8,10-13,15H2,1-3H3/t20-,24-/m0/s1. The Hall–Kier alpha value is -2.41. The molecule has 31 heavy (non-hydrogen) atoms. The highest BCUT2D eigenvalue weighted by molar-refractivity contribution is 5.87. The monoisotopic (exact) mass is 423 g/mol. The Labute approximate surface area is 184 Å². The van der Waals surface area contributed by atoms with E-state index in [2.05, 4.69) is 45.5 Å². The lowest BCUT2D eigenvalue weighted by atomic mass is 9.75. The third kappa shape index (κ3) is 3.73. The molecular weight excluding hydrogens is 390 g/mol. The largest absolute Gasteiger partial charge is 0.481 e. The Bertz CT molecular complexity index is 953. The molecule has 166 valence electrons. The van der Waals surface area contributed by atoms with E-state index in [1.807, 2.05) is 12.4 Å². The summed E-state index contributed by atoms with van der Waals surface area (Å²) < 4.78 is 7.62. The van der Waals surface area contributed by atoms with Crippen molar-refractivity contribution in [2.75, 3.05) is 33.3 Å². The second kappa shape index (κ2) is 7.93. The van der Waals surface area contributed by atoms with Gasteiger partial charge >= 0.3 is 0 Å². The fourth-order valence-corrected chi connectivity index (χ4v) is 5.40. The molecule has 2 atom stereocenters. The second-order valence-electron chi connectivity index (χ2n) is 9.83. The van der Waals surface area contributed by atoms with Crippen molar-refractivity contribution in [1.82, 2.24) is 24.3 Å². The van der Waals surface area contributed by atoms with Gasteiger partial charge in [0.2, 0.25) is 11.8 Å². The van der Waals surface area contributed by atoms with Crippen molar-refractivity contribution < 1.29 is 9.53 Å². The van der Waals surface area contributed by atoms with Gasteiger partial charge in [0.15, 0.2) is 0 Å². The van der Waals surface area contributed by atoms with Crippen LogP contribution in [0.1, 0.15) is 56.3 Å². The zero-order chi connectivity index (χ0) is 21.6. The minimum Gasteiger partial charge on any atom is -0.481 e. The number of methoxy groups -OCH3 is 1. The summed E-state index contributed by atoms with van der Waals surface area (Å²) in [6.07, 6.45) is 9.28. The lowest BCUT2D eigenvalue weighted by Crippen LogP contribution is -2.40. The lowest BCUT2D eigenvalue weighted by Gasteiger charge is -2.28. The molecule has 1 saturated carbocycles. The highest BCUT2D eigenvalue weighted by Crippen LogP contribution is 2.50. The number of imidazole rings is 1. The van der Waals surface area contributed by atoms with Gasteiger partial charge in [0.1, 0.15) is 0 Å². The van der Waals surface area contributed by atoms with Crippen LogP contribution in [0.4, 0.5) is 0 Å². The molecule has 5 rings (SSSR count). The van der Waals surface area contributed by atoms with Crippen LogP contribution in [0.2, 0.25) is 0 Å². The number of hydrogen-bond donors (Lipinski definition) is 0. The minimum absolute atomic E-state index is 0.117. The molecule has 0 radical (unpaired) electrons. The van der Waals surface area contributed by atoms with Crippen LogP contribution >= 0.6 is 0 Å². The van der Waals surface area contributed by atoms with Gasteiger partial charge < -0.3 is 14.2 Å². The molecule has 0 N–H and O–H groups in total. The summed E-state index contributed by atoms with van der Waals surface area (Å²) in [5.74, 6) is 1.84. The first-order valence-corrected chi connectivity index (χ1v) is 11.5. The molecule has 1 spiro atoms. The first-order valence-electron chi connectivity index (χ1n) is 11.5. The third-order valence-corrected chi connectivity index (χ3v) is 7.34. The quantitative estimate of drug-likeness (QED) is 0.685. The van der Waals surface area contributed by atoms with Crippen LogP contribution in [0.15, 0.2) is 30.9 Å². The molecule has 2 aliphatic heterocycles. The number of rotatable bonds is 7. The lowest BCUT2D eigenvalue weighted by molar-refractivity contribution is -0.136. The van der Waals surface area contributed by atoms with Crippen LogP contribution < -0.4 is 4.74 Å². The van der Waals surface area contributed by atoms with E-state index in [4.69, 9.17) is 9.72 Å². The molecule has 7 heteroatoms. The topological polar surface area (TPSA) is 63.5 Å². The van der Waals surface area contributed by atoms with Gasteiger partial charge in [0, 0.05) is 62.6 Å². The first-order chi connectivity index (χ1) is 15.0. The SMILES string of the molecule is COc1ncccc1CN1C[C@@H](c2cn(C(C)C)cn2)[C@]2(CCN(CC3CC3)C2=O)C1. The van der Waals surface area contributed by atoms with E-state index in [0.29, 0.717) is 17.8 Å². The Morgan fingerprint density at radius 2 is 2.13 bits per heavy atom. The molecule has 1 aliphatic carbocycles. The minimum atomic E-state index is -0.375. The number of pyridine rings is 1. The average Bonchev–Trinajstić information content (AvgIpc) is 3.18. The summed E-state index contributed by atoms with van der Waals surface area (Å²) in [5, 5.41) is 0. The molecule has 3 aliphatic rings. The summed E-state index contributed by atoms with van der Waals surface area (Å²) in [6.45, 7) is 8.46. The van der Waals surface area contributed by atoms with E-state index in [1.165, 1.54) is 12.8 Å². The van der Waals surface area contributed by atoms with Crippen molar-refractivity contribution in [3.8, 4) is 5.88 Å². The van der Waals surface area contributed by atoms with Crippen LogP contribution in [0, 0.1) is 11.3 Å². The van der Waals surface area contributed by atoms with E-state index in [1.54, 1.807) is 13.3 Å². The van der Waals surface area contributed by atoms with Gasteiger partial charge in [-0.25, -0.2) is 9.97 Å². The maximum absolute atomic E-state index is 13.8. The Kier molecular flexibility index (Phi) is 5.24. The predicted octanol–water partition coefficient (Wildman–Crippen LogP) is 3.10. The van der Waals surface area contributed by atoms with E-state index >= 15 is 0 Å². The normalized spacial score (nSPS) is 26.5. The van der Waals surface area contributed by atoms with Crippen molar-refractivity contribution >= 4 is 5.91 Å². The zero-order valence-corrected chi connectivity index (χ0v) is 18.8. The molecule has 4 heterocycles. The van der Waals surface area contributed by atoms with E-state index < -0.39 is 0 Å². The van der Waals surface area contributed by atoms with Crippen molar-refractivity contribution in [2.24, 2.45) is 11.3 Å². The molecule has 0 unspecified atom stereocenters. The third-order valence-electron chi connectivity index (χ3n) is 7.34. The molecule has 0 aromatic carbocycles. The average molecular weight is 424 g/mol. The number of ether oxygens (including phenoxy) is 1. The smallest absolute Gasteiger partial charge is 0.230 e. The maximum Gasteiger partial charge on any atom is 0.230 e. The Morgan fingerprint density at radius 1 is 1.29 bits per heavy atom. The molecule has 2 saturated heterocycles. The van der Waals surface area contributed by atoms with E-state index in [-0.39, 0.29) is 11.3 Å². The van der Waals surface area contributed by atoms with Gasteiger partial charge in [-0.1, -0.05) is 6.07 Å². The van der Waals surface area contributed by atoms with E-state index in [0.717, 1.165) is 56.3 Å². The summed E-state index contributed by atoms with van der Waals surface area (Å²) in [4.78, 5) is 27.4. The number of nitrogens with zero attached hydrogens (tertiary/aromatic N) is 5. The van der Waals surface area contributed by atoms with Crippen LogP contribution in [0.5, 0.6) is 5.88 Å².